The molecule has 0 fully saturated rings. The lowest BCUT2D eigenvalue weighted by atomic mass is 10.2. The monoisotopic (exact) mass is 293 g/mol. The number of nitrogens with zero attached hydrogens (tertiary/aromatic N) is 1. The minimum atomic E-state index is -0.832. The summed E-state index contributed by atoms with van der Waals surface area (Å²) >= 11 is 0. The van der Waals surface area contributed by atoms with E-state index < -0.39 is 29.1 Å². The number of nitro groups is 1. The molecule has 0 aromatic heterocycles. The number of benzene rings is 2. The Kier molecular flexibility index (Phi) is 4.22. The van der Waals surface area contributed by atoms with E-state index in [1.165, 1.54) is 18.2 Å². The van der Waals surface area contributed by atoms with Crippen LogP contribution in [-0.4, -0.2) is 10.9 Å². The van der Waals surface area contributed by atoms with Crippen LogP contribution in [0.25, 0.3) is 0 Å². The number of hydrogen-bond acceptors (Lipinski definition) is 4. The van der Waals surface area contributed by atoms with E-state index in [0.29, 0.717) is 6.07 Å². The summed E-state index contributed by atoms with van der Waals surface area (Å²) in [5, 5.41) is 10.6. The van der Waals surface area contributed by atoms with Crippen LogP contribution in [0, 0.1) is 21.7 Å². The molecule has 0 saturated carbocycles. The average molecular weight is 293 g/mol. The second kappa shape index (κ2) is 6.08. The van der Waals surface area contributed by atoms with Crippen molar-refractivity contribution >= 4 is 11.7 Å². The first-order valence-corrected chi connectivity index (χ1v) is 5.83. The van der Waals surface area contributed by atoms with Crippen molar-refractivity contribution in [3.63, 3.8) is 0 Å². The Bertz CT molecular complexity index is 703. The number of hydrogen-bond donors (Lipinski definition) is 0. The summed E-state index contributed by atoms with van der Waals surface area (Å²) in [6.45, 7) is -0.395. The highest BCUT2D eigenvalue weighted by molar-refractivity contribution is 5.90. The SMILES string of the molecule is O=C(OCc1ccc(F)cc1F)c1cccc([N+](=O)[O-])c1. The molecule has 0 heterocycles. The van der Waals surface area contributed by atoms with Crippen molar-refractivity contribution in [2.45, 2.75) is 6.61 Å². The minimum Gasteiger partial charge on any atom is -0.457 e. The Morgan fingerprint density at radius 2 is 1.95 bits per heavy atom. The Morgan fingerprint density at radius 1 is 1.19 bits per heavy atom. The molecule has 0 saturated heterocycles. The fraction of sp³-hybridized carbons (Fsp3) is 0.0714. The lowest BCUT2D eigenvalue weighted by molar-refractivity contribution is -0.384. The van der Waals surface area contributed by atoms with Crippen LogP contribution in [0.2, 0.25) is 0 Å². The van der Waals surface area contributed by atoms with Crippen LogP contribution in [0.3, 0.4) is 0 Å². The van der Waals surface area contributed by atoms with Gasteiger partial charge in [-0.25, -0.2) is 13.6 Å². The highest BCUT2D eigenvalue weighted by Gasteiger charge is 2.13. The summed E-state index contributed by atoms with van der Waals surface area (Å²) in [6, 6.07) is 7.85. The first kappa shape index (κ1) is 14.6. The molecule has 5 nitrogen and oxygen atoms in total. The Labute approximate surface area is 117 Å². The predicted octanol–water partition coefficient (Wildman–Crippen LogP) is 3.23. The Hall–Kier alpha value is -2.83. The van der Waals surface area contributed by atoms with Crippen molar-refractivity contribution in [2.24, 2.45) is 0 Å². The molecule has 0 atom stereocenters. The summed E-state index contributed by atoms with van der Waals surface area (Å²) in [7, 11) is 0. The quantitative estimate of drug-likeness (QED) is 0.493. The van der Waals surface area contributed by atoms with Gasteiger partial charge in [-0.2, -0.15) is 0 Å². The molecule has 0 spiro atoms. The van der Waals surface area contributed by atoms with Crippen LogP contribution < -0.4 is 0 Å². The first-order valence-electron chi connectivity index (χ1n) is 5.83. The molecule has 0 bridgehead atoms. The van der Waals surface area contributed by atoms with Gasteiger partial charge in [0, 0.05) is 23.8 Å². The van der Waals surface area contributed by atoms with E-state index in [2.05, 4.69) is 0 Å². The van der Waals surface area contributed by atoms with Gasteiger partial charge in [0.1, 0.15) is 18.2 Å². The van der Waals surface area contributed by atoms with Gasteiger partial charge in [0.25, 0.3) is 5.69 Å². The summed E-state index contributed by atoms with van der Waals surface area (Å²) < 4.78 is 30.9. The van der Waals surface area contributed by atoms with Crippen LogP contribution in [0.5, 0.6) is 0 Å². The van der Waals surface area contributed by atoms with Gasteiger partial charge < -0.3 is 4.74 Å². The lowest BCUT2D eigenvalue weighted by Gasteiger charge is -2.06. The molecule has 0 radical (unpaired) electrons. The highest BCUT2D eigenvalue weighted by atomic mass is 19.1. The molecule has 0 aliphatic carbocycles. The Balaban J connectivity index is 2.08. The van der Waals surface area contributed by atoms with E-state index in [-0.39, 0.29) is 16.8 Å². The second-order valence-corrected chi connectivity index (χ2v) is 4.12. The zero-order chi connectivity index (χ0) is 15.4. The van der Waals surface area contributed by atoms with Crippen molar-refractivity contribution < 1.29 is 23.2 Å². The van der Waals surface area contributed by atoms with Crippen LogP contribution in [-0.2, 0) is 11.3 Å². The van der Waals surface area contributed by atoms with Gasteiger partial charge in [0.05, 0.1) is 10.5 Å². The molecule has 0 aliphatic heterocycles. The number of rotatable bonds is 4. The summed E-state index contributed by atoms with van der Waals surface area (Å²) in [5.41, 5.74) is -0.265. The van der Waals surface area contributed by atoms with Gasteiger partial charge in [-0.1, -0.05) is 6.07 Å². The van der Waals surface area contributed by atoms with Crippen molar-refractivity contribution in [2.75, 3.05) is 0 Å². The van der Waals surface area contributed by atoms with Crippen LogP contribution >= 0.6 is 0 Å². The molecule has 0 amide bonds. The van der Waals surface area contributed by atoms with Crippen molar-refractivity contribution in [3.05, 3.63) is 75.3 Å². The maximum absolute atomic E-state index is 13.4. The number of ether oxygens (including phenoxy) is 1. The molecular weight excluding hydrogens is 284 g/mol. The molecule has 2 aromatic rings. The third-order valence-electron chi connectivity index (χ3n) is 2.67. The molecule has 0 unspecified atom stereocenters. The number of esters is 1. The number of carbonyl (C=O) groups excluding carboxylic acids is 1. The third-order valence-corrected chi connectivity index (χ3v) is 2.67. The fourth-order valence-electron chi connectivity index (χ4n) is 1.61. The topological polar surface area (TPSA) is 69.4 Å². The van der Waals surface area contributed by atoms with Gasteiger partial charge in [-0.3, -0.25) is 10.1 Å². The fourth-order valence-corrected chi connectivity index (χ4v) is 1.61. The molecule has 0 aliphatic rings. The highest BCUT2D eigenvalue weighted by Crippen LogP contribution is 2.15. The third kappa shape index (κ3) is 3.59. The second-order valence-electron chi connectivity index (χ2n) is 4.12. The number of non-ortho nitro benzene ring substituents is 1. The van der Waals surface area contributed by atoms with E-state index in [4.69, 9.17) is 4.74 Å². The van der Waals surface area contributed by atoms with Gasteiger partial charge in [0.2, 0.25) is 0 Å². The van der Waals surface area contributed by atoms with E-state index in [1.54, 1.807) is 0 Å². The summed E-state index contributed by atoms with van der Waals surface area (Å²) in [4.78, 5) is 21.7. The van der Waals surface area contributed by atoms with E-state index in [1.807, 2.05) is 0 Å². The average Bonchev–Trinajstić information content (AvgIpc) is 2.46. The van der Waals surface area contributed by atoms with E-state index >= 15 is 0 Å². The molecule has 2 aromatic carbocycles. The molecule has 2 rings (SSSR count). The van der Waals surface area contributed by atoms with E-state index in [0.717, 1.165) is 18.2 Å². The van der Waals surface area contributed by atoms with Crippen molar-refractivity contribution in [3.8, 4) is 0 Å². The Morgan fingerprint density at radius 3 is 2.62 bits per heavy atom. The van der Waals surface area contributed by atoms with Gasteiger partial charge >= 0.3 is 5.97 Å². The van der Waals surface area contributed by atoms with Crippen LogP contribution in [0.1, 0.15) is 15.9 Å². The summed E-state index contributed by atoms with van der Waals surface area (Å²) in [6.07, 6.45) is 0. The first-order chi connectivity index (χ1) is 9.97. The molecule has 108 valence electrons. The molecule has 21 heavy (non-hydrogen) atoms. The number of nitro benzene ring substituents is 1. The standard InChI is InChI=1S/C14H9F2NO4/c15-11-5-4-10(13(16)7-11)8-21-14(18)9-2-1-3-12(6-9)17(19)20/h1-7H,8H2. The predicted molar refractivity (Wildman–Crippen MR) is 68.6 cm³/mol. The zero-order valence-electron chi connectivity index (χ0n) is 10.6. The van der Waals surface area contributed by atoms with E-state index in [9.17, 15) is 23.7 Å². The van der Waals surface area contributed by atoms with Gasteiger partial charge in [-0.15, -0.1) is 0 Å². The minimum absolute atomic E-state index is 0.00943. The molecule has 0 N–H and O–H groups in total. The van der Waals surface area contributed by atoms with Crippen molar-refractivity contribution in [1.29, 1.82) is 0 Å². The molecule has 7 heteroatoms. The molecular formula is C14H9F2NO4. The maximum atomic E-state index is 13.4. The van der Waals surface area contributed by atoms with Crippen molar-refractivity contribution in [1.82, 2.24) is 0 Å². The lowest BCUT2D eigenvalue weighted by Crippen LogP contribution is -2.06. The smallest absolute Gasteiger partial charge is 0.338 e. The number of carbonyl (C=O) groups is 1. The summed E-state index contributed by atoms with van der Waals surface area (Å²) in [5.74, 6) is -2.40. The van der Waals surface area contributed by atoms with Crippen LogP contribution in [0.4, 0.5) is 14.5 Å². The number of halogens is 2. The zero-order valence-corrected chi connectivity index (χ0v) is 10.6. The maximum Gasteiger partial charge on any atom is 0.338 e. The van der Waals surface area contributed by atoms with Crippen LogP contribution in [0.15, 0.2) is 42.5 Å². The largest absolute Gasteiger partial charge is 0.457 e. The van der Waals surface area contributed by atoms with Gasteiger partial charge in [0.15, 0.2) is 0 Å². The van der Waals surface area contributed by atoms with Gasteiger partial charge in [-0.05, 0) is 18.2 Å². The normalized spacial score (nSPS) is 10.2.